The maximum absolute atomic E-state index is 13.4. The quantitative estimate of drug-likeness (QED) is 0.484. The first-order valence-electron chi connectivity index (χ1n) is 9.03. The van der Waals surface area contributed by atoms with Crippen molar-refractivity contribution in [1.82, 2.24) is 14.7 Å². The van der Waals surface area contributed by atoms with Crippen LogP contribution in [0.15, 0.2) is 35.1 Å². The number of para-hydroxylation sites is 1. The molecule has 0 aliphatic heterocycles. The maximum Gasteiger partial charge on any atom is 0.418 e. The first kappa shape index (κ1) is 24.9. The molecule has 1 amide bonds. The number of hydrogen-bond donors (Lipinski definition) is 0. The number of carbonyl (C=O) groups is 2. The average Bonchev–Trinajstić information content (AvgIpc) is 2.65. The van der Waals surface area contributed by atoms with Crippen molar-refractivity contribution in [3.8, 4) is 5.69 Å². The zero-order valence-corrected chi connectivity index (χ0v) is 16.8. The molecule has 2 rings (SSSR count). The Morgan fingerprint density at radius 1 is 1.12 bits per heavy atom. The monoisotopic (exact) mass is 465 g/mol. The fourth-order valence-corrected chi connectivity index (χ4v) is 2.77. The number of aromatic nitrogens is 2. The molecule has 174 valence electrons. The van der Waals surface area contributed by atoms with Gasteiger partial charge in [0.25, 0.3) is 5.91 Å². The fraction of sp³-hybridized carbons (Fsp3) is 0.368. The molecule has 0 aliphatic rings. The summed E-state index contributed by atoms with van der Waals surface area (Å²) in [7, 11) is 0. The molecular formula is C19H17F6N3O4. The van der Waals surface area contributed by atoms with Crippen molar-refractivity contribution in [2.75, 3.05) is 19.7 Å². The molecule has 1 aromatic heterocycles. The minimum atomic E-state index is -4.94. The van der Waals surface area contributed by atoms with E-state index in [-0.39, 0.29) is 17.2 Å². The Bertz CT molecular complexity index is 1060. The number of carbonyl (C=O) groups excluding carboxylic acids is 2. The average molecular weight is 465 g/mol. The number of amides is 1. The molecule has 0 N–H and O–H groups in total. The van der Waals surface area contributed by atoms with E-state index >= 15 is 0 Å². The summed E-state index contributed by atoms with van der Waals surface area (Å²) in [5.74, 6) is -2.75. The maximum atomic E-state index is 13.4. The lowest BCUT2D eigenvalue weighted by Gasteiger charge is -2.23. The van der Waals surface area contributed by atoms with E-state index in [9.17, 15) is 40.7 Å². The first-order valence-corrected chi connectivity index (χ1v) is 9.03. The summed E-state index contributed by atoms with van der Waals surface area (Å²) in [6.45, 7) is -0.580. The number of hydrogen-bond acceptors (Lipinski definition) is 5. The molecule has 1 aromatic carbocycles. The highest BCUT2D eigenvalue weighted by molar-refractivity contribution is 5.94. The van der Waals surface area contributed by atoms with Crippen LogP contribution in [0, 0.1) is 6.92 Å². The molecule has 0 bridgehead atoms. The highest BCUT2D eigenvalue weighted by Crippen LogP contribution is 2.33. The van der Waals surface area contributed by atoms with Gasteiger partial charge in [0.05, 0.1) is 17.9 Å². The van der Waals surface area contributed by atoms with Gasteiger partial charge >= 0.3 is 18.3 Å². The highest BCUT2D eigenvalue weighted by atomic mass is 19.4. The second-order valence-corrected chi connectivity index (χ2v) is 6.51. The van der Waals surface area contributed by atoms with Gasteiger partial charge in [0.15, 0.2) is 5.69 Å². The summed E-state index contributed by atoms with van der Waals surface area (Å²) in [4.78, 5) is 36.6. The number of nitrogens with zero attached hydrogens (tertiary/aromatic N) is 3. The van der Waals surface area contributed by atoms with E-state index in [0.29, 0.717) is 4.68 Å². The van der Waals surface area contributed by atoms with E-state index in [1.54, 1.807) is 0 Å². The fourth-order valence-electron chi connectivity index (χ4n) is 2.77. The molecule has 0 radical (unpaired) electrons. The Hall–Kier alpha value is -3.38. The largest absolute Gasteiger partial charge is 0.465 e. The Kier molecular flexibility index (Phi) is 7.31. The summed E-state index contributed by atoms with van der Waals surface area (Å²) < 4.78 is 84.1. The topological polar surface area (TPSA) is 81.5 Å². The zero-order valence-electron chi connectivity index (χ0n) is 16.8. The van der Waals surface area contributed by atoms with Gasteiger partial charge in [-0.2, -0.15) is 31.4 Å². The van der Waals surface area contributed by atoms with E-state index in [2.05, 4.69) is 9.84 Å². The summed E-state index contributed by atoms with van der Waals surface area (Å²) in [6, 6.07) is 4.90. The second kappa shape index (κ2) is 9.40. The SMILES string of the molecule is CCOC(=O)CN(CC(F)(F)F)C(=O)c1nn(-c2ccccc2C(F)(F)F)c(C)cc1=O. The van der Waals surface area contributed by atoms with Crippen molar-refractivity contribution in [2.45, 2.75) is 26.2 Å². The van der Waals surface area contributed by atoms with Gasteiger partial charge in [0, 0.05) is 11.8 Å². The molecule has 32 heavy (non-hydrogen) atoms. The van der Waals surface area contributed by atoms with Gasteiger partial charge in [-0.3, -0.25) is 14.4 Å². The van der Waals surface area contributed by atoms with Crippen LogP contribution in [-0.2, 0) is 15.7 Å². The number of alkyl halides is 6. The van der Waals surface area contributed by atoms with Crippen LogP contribution in [0.2, 0.25) is 0 Å². The van der Waals surface area contributed by atoms with Crippen molar-refractivity contribution in [1.29, 1.82) is 0 Å². The van der Waals surface area contributed by atoms with Crippen LogP contribution >= 0.6 is 0 Å². The minimum Gasteiger partial charge on any atom is -0.465 e. The Morgan fingerprint density at radius 3 is 2.31 bits per heavy atom. The Morgan fingerprint density at radius 2 is 1.75 bits per heavy atom. The number of aryl methyl sites for hydroxylation is 1. The molecule has 0 unspecified atom stereocenters. The molecule has 0 atom stereocenters. The summed E-state index contributed by atoms with van der Waals surface area (Å²) >= 11 is 0. The van der Waals surface area contributed by atoms with Gasteiger partial charge in [0.1, 0.15) is 13.1 Å². The van der Waals surface area contributed by atoms with Crippen LogP contribution in [0.5, 0.6) is 0 Å². The molecule has 0 saturated carbocycles. The third-order valence-corrected chi connectivity index (χ3v) is 4.03. The third kappa shape index (κ3) is 6.08. The Balaban J connectivity index is 2.59. The van der Waals surface area contributed by atoms with Gasteiger partial charge in [-0.05, 0) is 26.0 Å². The highest BCUT2D eigenvalue weighted by Gasteiger charge is 2.37. The van der Waals surface area contributed by atoms with Crippen LogP contribution in [0.1, 0.15) is 28.7 Å². The van der Waals surface area contributed by atoms with Crippen molar-refractivity contribution in [2.24, 2.45) is 0 Å². The van der Waals surface area contributed by atoms with Gasteiger partial charge in [-0.25, -0.2) is 4.68 Å². The predicted octanol–water partition coefficient (Wildman–Crippen LogP) is 3.13. The number of ether oxygens (including phenoxy) is 1. The molecule has 13 heteroatoms. The minimum absolute atomic E-state index is 0.00291. The molecule has 7 nitrogen and oxygen atoms in total. The summed E-state index contributed by atoms with van der Waals surface area (Å²) in [5.41, 5.74) is -3.99. The van der Waals surface area contributed by atoms with Gasteiger partial charge < -0.3 is 9.64 Å². The van der Waals surface area contributed by atoms with Crippen LogP contribution in [-0.4, -0.2) is 52.4 Å². The number of rotatable bonds is 6. The molecule has 0 aliphatic carbocycles. The number of halogens is 6. The van der Waals surface area contributed by atoms with E-state index in [0.717, 1.165) is 24.3 Å². The lowest BCUT2D eigenvalue weighted by atomic mass is 10.1. The van der Waals surface area contributed by atoms with Gasteiger partial charge in [-0.1, -0.05) is 12.1 Å². The number of esters is 1. The molecule has 0 spiro atoms. The lowest BCUT2D eigenvalue weighted by Crippen LogP contribution is -2.44. The number of benzene rings is 1. The smallest absolute Gasteiger partial charge is 0.418 e. The van der Waals surface area contributed by atoms with Crippen molar-refractivity contribution >= 4 is 11.9 Å². The van der Waals surface area contributed by atoms with E-state index in [4.69, 9.17) is 0 Å². The van der Waals surface area contributed by atoms with Crippen molar-refractivity contribution in [3.05, 3.63) is 57.5 Å². The summed E-state index contributed by atoms with van der Waals surface area (Å²) in [6.07, 6.45) is -9.75. The van der Waals surface area contributed by atoms with Gasteiger partial charge in [-0.15, -0.1) is 0 Å². The molecule has 0 fully saturated rings. The predicted molar refractivity (Wildman–Crippen MR) is 98.2 cm³/mol. The van der Waals surface area contributed by atoms with Gasteiger partial charge in [0.2, 0.25) is 5.43 Å². The van der Waals surface area contributed by atoms with Crippen molar-refractivity contribution < 1.29 is 40.7 Å². The Labute approximate surface area is 177 Å². The van der Waals surface area contributed by atoms with E-state index < -0.39 is 59.7 Å². The second-order valence-electron chi connectivity index (χ2n) is 6.51. The molecule has 0 saturated heterocycles. The van der Waals surface area contributed by atoms with Crippen LogP contribution in [0.4, 0.5) is 26.3 Å². The van der Waals surface area contributed by atoms with E-state index in [1.165, 1.54) is 19.9 Å². The van der Waals surface area contributed by atoms with Crippen LogP contribution < -0.4 is 5.43 Å². The standard InChI is InChI=1S/C19H17F6N3O4/c1-3-32-15(30)9-27(10-18(20,21)22)17(31)16-14(29)8-11(2)28(26-16)13-7-5-4-6-12(13)19(23,24)25/h4-8H,3,9-10H2,1-2H3. The third-order valence-electron chi connectivity index (χ3n) is 4.03. The normalized spacial score (nSPS) is 11.9. The summed E-state index contributed by atoms with van der Waals surface area (Å²) in [5, 5.41) is 3.61. The lowest BCUT2D eigenvalue weighted by molar-refractivity contribution is -0.153. The van der Waals surface area contributed by atoms with Crippen molar-refractivity contribution in [3.63, 3.8) is 0 Å². The molecule has 1 heterocycles. The van der Waals surface area contributed by atoms with E-state index in [1.807, 2.05) is 0 Å². The molecular weight excluding hydrogens is 448 g/mol. The molecule has 2 aromatic rings. The van der Waals surface area contributed by atoms with Crippen LogP contribution in [0.3, 0.4) is 0 Å². The van der Waals surface area contributed by atoms with Crippen LogP contribution in [0.25, 0.3) is 5.69 Å². The first-order chi connectivity index (χ1) is 14.7. The zero-order chi connectivity index (χ0) is 24.3.